The van der Waals surface area contributed by atoms with Gasteiger partial charge in [0, 0.05) is 38.0 Å². The number of nitrogens with one attached hydrogen (secondary N) is 2. The van der Waals surface area contributed by atoms with Crippen molar-refractivity contribution in [1.29, 1.82) is 0 Å². The van der Waals surface area contributed by atoms with E-state index in [2.05, 4.69) is 24.5 Å². The number of piperidine rings is 1. The first-order valence-corrected chi connectivity index (χ1v) is 10.4. The Morgan fingerprint density at radius 1 is 1.04 bits per heavy atom. The fourth-order valence-corrected chi connectivity index (χ4v) is 3.60. The van der Waals surface area contributed by atoms with Crippen LogP contribution in [-0.2, 0) is 20.8 Å². The summed E-state index contributed by atoms with van der Waals surface area (Å²) in [6.45, 7) is 5.85. The molecule has 0 saturated carbocycles. The summed E-state index contributed by atoms with van der Waals surface area (Å²) in [5.74, 6) is 0.235. The van der Waals surface area contributed by atoms with Gasteiger partial charge in [-0.15, -0.1) is 0 Å². The molecule has 1 aliphatic rings. The van der Waals surface area contributed by atoms with E-state index in [0.717, 1.165) is 31.2 Å². The van der Waals surface area contributed by atoms with E-state index in [9.17, 15) is 14.4 Å². The highest BCUT2D eigenvalue weighted by Gasteiger charge is 2.27. The second-order valence-corrected chi connectivity index (χ2v) is 7.44. The van der Waals surface area contributed by atoms with E-state index >= 15 is 0 Å². The average molecular weight is 388 g/mol. The maximum Gasteiger partial charge on any atom is 0.225 e. The summed E-state index contributed by atoms with van der Waals surface area (Å²) in [5.41, 5.74) is 0.958. The number of amides is 3. The molecule has 0 unspecified atom stereocenters. The van der Waals surface area contributed by atoms with Gasteiger partial charge in [-0.2, -0.15) is 0 Å². The molecule has 1 saturated heterocycles. The summed E-state index contributed by atoms with van der Waals surface area (Å²) in [4.78, 5) is 38.4. The van der Waals surface area contributed by atoms with Crippen molar-refractivity contribution in [2.75, 3.05) is 19.6 Å². The van der Waals surface area contributed by atoms with Crippen molar-refractivity contribution in [3.63, 3.8) is 0 Å². The van der Waals surface area contributed by atoms with Crippen LogP contribution in [0.2, 0.25) is 0 Å². The first-order chi connectivity index (χ1) is 13.5. The van der Waals surface area contributed by atoms with E-state index in [1.807, 2.05) is 35.2 Å². The Balaban J connectivity index is 1.62. The van der Waals surface area contributed by atoms with Crippen LogP contribution >= 0.6 is 0 Å². The minimum atomic E-state index is -0.0766. The molecule has 1 aliphatic heterocycles. The fourth-order valence-electron chi connectivity index (χ4n) is 3.60. The predicted molar refractivity (Wildman–Crippen MR) is 110 cm³/mol. The topological polar surface area (TPSA) is 78.5 Å². The Hall–Kier alpha value is -2.37. The van der Waals surface area contributed by atoms with Crippen LogP contribution in [0.1, 0.15) is 51.5 Å². The molecule has 3 amide bonds. The van der Waals surface area contributed by atoms with Gasteiger partial charge in [0.1, 0.15) is 0 Å². The third-order valence-electron chi connectivity index (χ3n) is 5.39. The number of hydrogen-bond donors (Lipinski definition) is 2. The summed E-state index contributed by atoms with van der Waals surface area (Å²) < 4.78 is 0. The molecule has 1 aromatic carbocycles. The summed E-state index contributed by atoms with van der Waals surface area (Å²) in [6.07, 6.45) is 3.93. The average Bonchev–Trinajstić information content (AvgIpc) is 2.70. The summed E-state index contributed by atoms with van der Waals surface area (Å²) in [7, 11) is 0. The van der Waals surface area contributed by atoms with Crippen molar-refractivity contribution in [3.05, 3.63) is 35.9 Å². The number of hydrogen-bond acceptors (Lipinski definition) is 3. The summed E-state index contributed by atoms with van der Waals surface area (Å²) in [6, 6.07) is 9.65. The van der Waals surface area contributed by atoms with Gasteiger partial charge in [0.25, 0.3) is 0 Å². The lowest BCUT2D eigenvalue weighted by Gasteiger charge is -2.34. The maximum absolute atomic E-state index is 12.4. The molecule has 6 nitrogen and oxygen atoms in total. The molecular formula is C22H33N3O3. The van der Waals surface area contributed by atoms with E-state index in [4.69, 9.17) is 0 Å². The summed E-state index contributed by atoms with van der Waals surface area (Å²) >= 11 is 0. The fraction of sp³-hybridized carbons (Fsp3) is 0.591. The second kappa shape index (κ2) is 11.5. The smallest absolute Gasteiger partial charge is 0.225 e. The van der Waals surface area contributed by atoms with Crippen LogP contribution in [0.15, 0.2) is 30.3 Å². The van der Waals surface area contributed by atoms with Crippen molar-refractivity contribution in [3.8, 4) is 0 Å². The molecule has 6 heteroatoms. The molecule has 0 atom stereocenters. The first-order valence-electron chi connectivity index (χ1n) is 10.4. The lowest BCUT2D eigenvalue weighted by atomic mass is 9.98. The Morgan fingerprint density at radius 2 is 1.68 bits per heavy atom. The maximum atomic E-state index is 12.4. The standard InChI is InChI=1S/C22H33N3O3/c1-3-18(4-2)22(28)25-14-11-19(12-15-25)24-20(26)10-13-23-21(27)16-17-8-6-5-7-9-17/h5-9,18-19H,3-4,10-16H2,1-2H3,(H,23,27)(H,24,26). The lowest BCUT2D eigenvalue weighted by molar-refractivity contribution is -0.137. The Bertz CT molecular complexity index is 636. The normalized spacial score (nSPS) is 14.8. The molecule has 0 aliphatic carbocycles. The van der Waals surface area contributed by atoms with Gasteiger partial charge >= 0.3 is 0 Å². The van der Waals surface area contributed by atoms with E-state index in [1.165, 1.54) is 0 Å². The van der Waals surface area contributed by atoms with Crippen molar-refractivity contribution in [2.24, 2.45) is 5.92 Å². The van der Waals surface area contributed by atoms with Gasteiger partial charge in [-0.3, -0.25) is 14.4 Å². The van der Waals surface area contributed by atoms with Crippen molar-refractivity contribution in [2.45, 2.75) is 58.4 Å². The lowest BCUT2D eigenvalue weighted by Crippen LogP contribution is -2.48. The monoisotopic (exact) mass is 387 g/mol. The van der Waals surface area contributed by atoms with Crippen LogP contribution in [0.5, 0.6) is 0 Å². The highest BCUT2D eigenvalue weighted by molar-refractivity contribution is 5.81. The minimum absolute atomic E-state index is 0.0511. The molecule has 28 heavy (non-hydrogen) atoms. The van der Waals surface area contributed by atoms with Gasteiger partial charge in [0.05, 0.1) is 6.42 Å². The van der Waals surface area contributed by atoms with Gasteiger partial charge in [-0.05, 0) is 31.2 Å². The van der Waals surface area contributed by atoms with E-state index in [0.29, 0.717) is 26.1 Å². The Labute approximate surface area is 168 Å². The van der Waals surface area contributed by atoms with Gasteiger partial charge in [0.15, 0.2) is 0 Å². The quantitative estimate of drug-likeness (QED) is 0.682. The van der Waals surface area contributed by atoms with E-state index in [-0.39, 0.29) is 36.1 Å². The number of likely N-dealkylation sites (tertiary alicyclic amines) is 1. The van der Waals surface area contributed by atoms with Crippen LogP contribution < -0.4 is 10.6 Å². The molecule has 2 rings (SSSR count). The van der Waals surface area contributed by atoms with E-state index in [1.54, 1.807) is 0 Å². The van der Waals surface area contributed by atoms with Crippen LogP contribution in [0.3, 0.4) is 0 Å². The summed E-state index contributed by atoms with van der Waals surface area (Å²) in [5, 5.41) is 5.82. The zero-order valence-corrected chi connectivity index (χ0v) is 17.1. The van der Waals surface area contributed by atoms with Gasteiger partial charge in [-0.25, -0.2) is 0 Å². The minimum Gasteiger partial charge on any atom is -0.355 e. The molecule has 0 bridgehead atoms. The molecule has 0 spiro atoms. The van der Waals surface area contributed by atoms with Gasteiger partial charge in [-0.1, -0.05) is 44.2 Å². The Morgan fingerprint density at radius 3 is 2.29 bits per heavy atom. The van der Waals surface area contributed by atoms with Crippen molar-refractivity contribution in [1.82, 2.24) is 15.5 Å². The predicted octanol–water partition coefficient (Wildman–Crippen LogP) is 2.28. The van der Waals surface area contributed by atoms with Gasteiger partial charge < -0.3 is 15.5 Å². The molecule has 1 fully saturated rings. The third kappa shape index (κ3) is 6.98. The second-order valence-electron chi connectivity index (χ2n) is 7.44. The number of carbonyl (C=O) groups is 3. The SMILES string of the molecule is CCC(CC)C(=O)N1CCC(NC(=O)CCNC(=O)Cc2ccccc2)CC1. The zero-order chi connectivity index (χ0) is 20.4. The molecule has 1 aromatic rings. The van der Waals surface area contributed by atoms with Crippen LogP contribution in [-0.4, -0.2) is 48.3 Å². The van der Waals surface area contributed by atoms with Crippen molar-refractivity contribution < 1.29 is 14.4 Å². The first kappa shape index (κ1) is 21.9. The van der Waals surface area contributed by atoms with E-state index < -0.39 is 0 Å². The van der Waals surface area contributed by atoms with Crippen LogP contribution in [0.25, 0.3) is 0 Å². The number of benzene rings is 1. The highest BCUT2D eigenvalue weighted by atomic mass is 16.2. The zero-order valence-electron chi connectivity index (χ0n) is 17.1. The van der Waals surface area contributed by atoms with Crippen LogP contribution in [0.4, 0.5) is 0 Å². The largest absolute Gasteiger partial charge is 0.355 e. The van der Waals surface area contributed by atoms with Crippen molar-refractivity contribution >= 4 is 17.7 Å². The molecule has 1 heterocycles. The molecule has 154 valence electrons. The Kier molecular flexibility index (Phi) is 8.98. The molecule has 2 N–H and O–H groups in total. The molecule has 0 aromatic heterocycles. The molecular weight excluding hydrogens is 354 g/mol. The van der Waals surface area contributed by atoms with Crippen LogP contribution in [0, 0.1) is 5.92 Å². The number of nitrogens with zero attached hydrogens (tertiary/aromatic N) is 1. The number of carbonyl (C=O) groups excluding carboxylic acids is 3. The third-order valence-corrected chi connectivity index (χ3v) is 5.39. The molecule has 0 radical (unpaired) electrons. The van der Waals surface area contributed by atoms with Gasteiger partial charge in [0.2, 0.25) is 17.7 Å². The number of rotatable bonds is 9. The highest BCUT2D eigenvalue weighted by Crippen LogP contribution is 2.17.